The molecule has 30 heavy (non-hydrogen) atoms. The molecule has 0 spiro atoms. The summed E-state index contributed by atoms with van der Waals surface area (Å²) in [5, 5.41) is 1.98. The first-order valence-corrected chi connectivity index (χ1v) is 11.7. The molecule has 0 bridgehead atoms. The molecular formula is C26H22O3S. The van der Waals surface area contributed by atoms with E-state index in [1.165, 1.54) is 27.8 Å². The van der Waals surface area contributed by atoms with Crippen LogP contribution in [0.2, 0.25) is 0 Å². The smallest absolute Gasteiger partial charge is 0.306 e. The molecule has 4 aromatic carbocycles. The Morgan fingerprint density at radius 1 is 0.700 bits per heavy atom. The quantitative estimate of drug-likeness (QED) is 0.378. The fourth-order valence-electron chi connectivity index (χ4n) is 4.51. The van der Waals surface area contributed by atoms with Gasteiger partial charge in [0.1, 0.15) is 5.75 Å². The van der Waals surface area contributed by atoms with Gasteiger partial charge in [-0.3, -0.25) is 0 Å². The lowest BCUT2D eigenvalue weighted by Gasteiger charge is -2.22. The van der Waals surface area contributed by atoms with Gasteiger partial charge < -0.3 is 4.18 Å². The van der Waals surface area contributed by atoms with Crippen LogP contribution in [-0.2, 0) is 15.5 Å². The molecule has 0 amide bonds. The third kappa shape index (κ3) is 3.08. The predicted octanol–water partition coefficient (Wildman–Crippen LogP) is 6.15. The fraction of sp³-hybridized carbons (Fsp3) is 0.154. The first kappa shape index (κ1) is 18.9. The molecule has 0 aromatic heterocycles. The molecule has 0 saturated heterocycles. The molecule has 4 aromatic rings. The molecular weight excluding hydrogens is 392 g/mol. The highest BCUT2D eigenvalue weighted by Crippen LogP contribution is 2.49. The van der Waals surface area contributed by atoms with Crippen LogP contribution in [-0.4, -0.2) is 14.7 Å². The highest BCUT2D eigenvalue weighted by Gasteiger charge is 2.35. The van der Waals surface area contributed by atoms with Crippen LogP contribution in [0.4, 0.5) is 0 Å². The molecule has 0 heterocycles. The third-order valence-electron chi connectivity index (χ3n) is 5.98. The monoisotopic (exact) mass is 414 g/mol. The number of hydrogen-bond acceptors (Lipinski definition) is 3. The van der Waals surface area contributed by atoms with E-state index < -0.39 is 10.1 Å². The Hall–Kier alpha value is -3.11. The van der Waals surface area contributed by atoms with Crippen molar-refractivity contribution in [2.45, 2.75) is 19.3 Å². The van der Waals surface area contributed by atoms with E-state index in [0.717, 1.165) is 22.6 Å². The predicted molar refractivity (Wildman–Crippen MR) is 122 cm³/mol. The topological polar surface area (TPSA) is 43.4 Å². The summed E-state index contributed by atoms with van der Waals surface area (Å²) in [5.41, 5.74) is 7.62. The average Bonchev–Trinajstić information content (AvgIpc) is 2.94. The molecule has 0 N–H and O–H groups in total. The molecule has 0 fully saturated rings. The molecule has 0 radical (unpaired) electrons. The molecule has 1 aliphatic rings. The van der Waals surface area contributed by atoms with Gasteiger partial charge in [0.2, 0.25) is 0 Å². The summed E-state index contributed by atoms with van der Waals surface area (Å²) in [5.74, 6) is 0.329. The first-order valence-electron chi connectivity index (χ1n) is 9.90. The molecule has 0 aliphatic heterocycles. The van der Waals surface area contributed by atoms with E-state index in [2.05, 4.69) is 68.4 Å². The van der Waals surface area contributed by atoms with Crippen molar-refractivity contribution < 1.29 is 12.6 Å². The maximum Gasteiger partial charge on any atom is 0.306 e. The van der Waals surface area contributed by atoms with Crippen molar-refractivity contribution in [3.63, 3.8) is 0 Å². The minimum Gasteiger partial charge on any atom is -0.383 e. The molecule has 150 valence electrons. The highest BCUT2D eigenvalue weighted by molar-refractivity contribution is 7.86. The van der Waals surface area contributed by atoms with Crippen LogP contribution < -0.4 is 4.18 Å². The maximum atomic E-state index is 11.4. The fourth-order valence-corrected chi connectivity index (χ4v) is 4.97. The molecule has 4 heteroatoms. The van der Waals surface area contributed by atoms with Crippen LogP contribution in [0.25, 0.3) is 33.0 Å². The normalized spacial score (nSPS) is 14.4. The molecule has 1 aliphatic carbocycles. The van der Waals surface area contributed by atoms with Crippen LogP contribution >= 0.6 is 0 Å². The number of rotatable bonds is 3. The molecule has 5 rings (SSSR count). The SMILES string of the molecule is CC1(C)c2ccccc2-c2ccc(-c3ccc4cc(OS(C)(=O)=O)ccc4c3)cc21. The standard InChI is InChI=1S/C26H22O3S/c1-26(2)24-7-5-4-6-22(24)23-13-11-20(16-25(23)26)17-8-9-19-15-21(29-30(3,27)28)12-10-18(19)14-17/h4-16H,1-3H3. The van der Waals surface area contributed by atoms with Gasteiger partial charge in [-0.15, -0.1) is 0 Å². The van der Waals surface area contributed by atoms with Crippen molar-refractivity contribution in [1.29, 1.82) is 0 Å². The zero-order valence-corrected chi connectivity index (χ0v) is 18.0. The van der Waals surface area contributed by atoms with Gasteiger partial charge in [-0.05, 0) is 68.4 Å². The van der Waals surface area contributed by atoms with Crippen LogP contribution in [0.5, 0.6) is 5.75 Å². The molecule has 3 nitrogen and oxygen atoms in total. The van der Waals surface area contributed by atoms with Crippen LogP contribution in [0.1, 0.15) is 25.0 Å². The highest BCUT2D eigenvalue weighted by atomic mass is 32.2. The van der Waals surface area contributed by atoms with E-state index in [1.54, 1.807) is 12.1 Å². The second kappa shape index (κ2) is 6.44. The number of fused-ring (bicyclic) bond motifs is 4. The zero-order valence-electron chi connectivity index (χ0n) is 17.1. The lowest BCUT2D eigenvalue weighted by molar-refractivity contribution is 0.493. The van der Waals surface area contributed by atoms with Crippen molar-refractivity contribution in [1.82, 2.24) is 0 Å². The third-order valence-corrected chi connectivity index (χ3v) is 6.47. The summed E-state index contributed by atoms with van der Waals surface area (Å²) in [4.78, 5) is 0. The van der Waals surface area contributed by atoms with Crippen LogP contribution in [0.15, 0.2) is 78.9 Å². The Balaban J connectivity index is 1.57. The Bertz CT molecular complexity index is 1420. The van der Waals surface area contributed by atoms with Gasteiger partial charge in [0.25, 0.3) is 0 Å². The van der Waals surface area contributed by atoms with Crippen molar-refractivity contribution in [2.75, 3.05) is 6.26 Å². The van der Waals surface area contributed by atoms with E-state index in [9.17, 15) is 8.42 Å². The maximum absolute atomic E-state index is 11.4. The molecule has 0 atom stereocenters. The Kier molecular flexibility index (Phi) is 4.06. The van der Waals surface area contributed by atoms with Gasteiger partial charge in [-0.25, -0.2) is 0 Å². The second-order valence-electron chi connectivity index (χ2n) is 8.44. The molecule has 0 saturated carbocycles. The number of hydrogen-bond donors (Lipinski definition) is 0. The summed E-state index contributed by atoms with van der Waals surface area (Å²) in [7, 11) is -3.54. The van der Waals surface area contributed by atoms with E-state index >= 15 is 0 Å². The Labute approximate surface area is 177 Å². The van der Waals surface area contributed by atoms with Crippen molar-refractivity contribution in [2.24, 2.45) is 0 Å². The second-order valence-corrected chi connectivity index (χ2v) is 10.0. The Morgan fingerprint density at radius 3 is 2.13 bits per heavy atom. The zero-order chi connectivity index (χ0) is 21.1. The average molecular weight is 415 g/mol. The van der Waals surface area contributed by atoms with Gasteiger partial charge in [-0.2, -0.15) is 8.42 Å². The van der Waals surface area contributed by atoms with Crippen molar-refractivity contribution in [3.8, 4) is 28.0 Å². The Morgan fingerprint density at radius 2 is 1.33 bits per heavy atom. The molecule has 0 unspecified atom stereocenters. The van der Waals surface area contributed by atoms with E-state index in [-0.39, 0.29) is 5.41 Å². The van der Waals surface area contributed by atoms with Crippen LogP contribution in [0.3, 0.4) is 0 Å². The minimum atomic E-state index is -3.54. The number of benzene rings is 4. The van der Waals surface area contributed by atoms with Gasteiger partial charge in [-0.1, -0.05) is 68.4 Å². The van der Waals surface area contributed by atoms with Gasteiger partial charge in [0, 0.05) is 5.41 Å². The van der Waals surface area contributed by atoms with Crippen molar-refractivity contribution in [3.05, 3.63) is 90.0 Å². The lowest BCUT2D eigenvalue weighted by Crippen LogP contribution is -2.14. The summed E-state index contributed by atoms with van der Waals surface area (Å²) in [6.45, 7) is 4.57. The van der Waals surface area contributed by atoms with Gasteiger partial charge >= 0.3 is 10.1 Å². The summed E-state index contributed by atoms with van der Waals surface area (Å²) in [6, 6.07) is 26.9. The van der Waals surface area contributed by atoms with Crippen molar-refractivity contribution >= 4 is 20.9 Å². The van der Waals surface area contributed by atoms with Gasteiger partial charge in [0.05, 0.1) is 6.26 Å². The lowest BCUT2D eigenvalue weighted by atomic mass is 9.81. The largest absolute Gasteiger partial charge is 0.383 e. The summed E-state index contributed by atoms with van der Waals surface area (Å²) >= 11 is 0. The summed E-state index contributed by atoms with van der Waals surface area (Å²) < 4.78 is 27.8. The minimum absolute atomic E-state index is 0.0311. The van der Waals surface area contributed by atoms with E-state index in [0.29, 0.717) is 5.75 Å². The first-order chi connectivity index (χ1) is 14.2. The van der Waals surface area contributed by atoms with E-state index in [1.807, 2.05) is 12.1 Å². The van der Waals surface area contributed by atoms with Crippen LogP contribution in [0, 0.1) is 0 Å². The summed E-state index contributed by atoms with van der Waals surface area (Å²) in [6.07, 6.45) is 1.05. The van der Waals surface area contributed by atoms with Gasteiger partial charge in [0.15, 0.2) is 0 Å². The van der Waals surface area contributed by atoms with E-state index in [4.69, 9.17) is 4.18 Å².